The van der Waals surface area contributed by atoms with Crippen molar-refractivity contribution in [2.45, 2.75) is 70.2 Å². The van der Waals surface area contributed by atoms with Crippen molar-refractivity contribution in [1.29, 1.82) is 0 Å². The lowest BCUT2D eigenvalue weighted by Gasteiger charge is -2.25. The molecule has 3 rings (SSSR count). The Balaban J connectivity index is 0.00000330. The molecule has 2 aromatic carbocycles. The SMILES string of the molecule is CC(=O)SC(CCCCN1C(=O)c2ccccc2C1=O)C(=O)N[C@@H](CC(C)C)C(=O)N[C@@H](Cc1ccccc1)C(=O)O.CN. The number of nitrogens with one attached hydrogen (secondary N) is 2. The third kappa shape index (κ3) is 10.6. The number of carbonyl (C=O) groups excluding carboxylic acids is 5. The van der Waals surface area contributed by atoms with E-state index in [1.54, 1.807) is 48.5 Å². The summed E-state index contributed by atoms with van der Waals surface area (Å²) in [7, 11) is 1.50. The molecule has 1 unspecified atom stereocenters. The number of nitrogens with two attached hydrogens (primary N) is 1. The summed E-state index contributed by atoms with van der Waals surface area (Å²) in [5, 5.41) is 13.9. The molecular weight excluding hydrogens is 584 g/mol. The summed E-state index contributed by atoms with van der Waals surface area (Å²) in [5.41, 5.74) is 5.99. The number of hydrogen-bond donors (Lipinski definition) is 4. The molecular formula is C32H42N4O7S. The summed E-state index contributed by atoms with van der Waals surface area (Å²) in [4.78, 5) is 76.7. The highest BCUT2D eigenvalue weighted by Gasteiger charge is 2.35. The van der Waals surface area contributed by atoms with Gasteiger partial charge in [0, 0.05) is 19.9 Å². The minimum Gasteiger partial charge on any atom is -0.480 e. The van der Waals surface area contributed by atoms with Crippen molar-refractivity contribution in [3.63, 3.8) is 0 Å². The fourth-order valence-corrected chi connectivity index (χ4v) is 5.64. The normalized spacial score (nSPS) is 14.2. The molecule has 1 heterocycles. The molecule has 238 valence electrons. The van der Waals surface area contributed by atoms with Crippen LogP contribution >= 0.6 is 11.8 Å². The molecule has 4 amide bonds. The van der Waals surface area contributed by atoms with Crippen LogP contribution in [0.1, 0.15) is 72.7 Å². The first-order valence-electron chi connectivity index (χ1n) is 14.6. The topological polar surface area (TPSA) is 176 Å². The predicted octanol–water partition coefficient (Wildman–Crippen LogP) is 3.02. The van der Waals surface area contributed by atoms with Gasteiger partial charge in [0.15, 0.2) is 5.12 Å². The number of carboxylic acids is 1. The number of thioether (sulfide) groups is 1. The smallest absolute Gasteiger partial charge is 0.326 e. The predicted molar refractivity (Wildman–Crippen MR) is 169 cm³/mol. The number of hydrogen-bond acceptors (Lipinski definition) is 8. The van der Waals surface area contributed by atoms with Gasteiger partial charge in [-0.1, -0.05) is 74.5 Å². The number of unbranched alkanes of at least 4 members (excludes halogenated alkanes) is 1. The Kier molecular flexibility index (Phi) is 14.7. The maximum absolute atomic E-state index is 13.3. The molecule has 1 aliphatic heterocycles. The fraction of sp³-hybridized carbons (Fsp3) is 0.438. The van der Waals surface area contributed by atoms with Crippen molar-refractivity contribution in [2.75, 3.05) is 13.6 Å². The third-order valence-electron chi connectivity index (χ3n) is 6.81. The number of carbonyl (C=O) groups is 6. The second-order valence-electron chi connectivity index (χ2n) is 10.7. The van der Waals surface area contributed by atoms with Gasteiger partial charge in [-0.25, -0.2) is 4.79 Å². The van der Waals surface area contributed by atoms with Crippen LogP contribution in [0.25, 0.3) is 0 Å². The van der Waals surface area contributed by atoms with E-state index in [0.29, 0.717) is 24.0 Å². The highest BCUT2D eigenvalue weighted by atomic mass is 32.2. The molecule has 3 atom stereocenters. The van der Waals surface area contributed by atoms with E-state index >= 15 is 0 Å². The van der Waals surface area contributed by atoms with Crippen molar-refractivity contribution >= 4 is 46.5 Å². The molecule has 1 aliphatic rings. The fourth-order valence-electron chi connectivity index (χ4n) is 4.78. The van der Waals surface area contributed by atoms with E-state index in [4.69, 9.17) is 0 Å². The standard InChI is InChI=1S/C31H37N3O7S.CH5N/c1-19(2)17-24(27(36)33-25(31(40)41)18-21-11-5-4-6-12-21)32-28(37)26(42-20(3)35)15-9-10-16-34-29(38)22-13-7-8-14-23(22)30(34)39;1-2/h4-8,11-14,19,24-26H,9-10,15-18H2,1-3H3,(H,32,37)(H,33,36)(H,40,41);2H2,1H3/t24-,25-,26?;/m0./s1. The molecule has 0 bridgehead atoms. The first kappa shape index (κ1) is 36.2. The van der Waals surface area contributed by atoms with E-state index in [-0.39, 0.29) is 48.7 Å². The number of aliphatic carboxylic acids is 1. The van der Waals surface area contributed by atoms with E-state index in [2.05, 4.69) is 16.4 Å². The molecule has 0 saturated heterocycles. The average Bonchev–Trinajstić information content (AvgIpc) is 3.23. The van der Waals surface area contributed by atoms with Gasteiger partial charge < -0.3 is 21.5 Å². The quantitative estimate of drug-likeness (QED) is 0.171. The van der Waals surface area contributed by atoms with Gasteiger partial charge in [0.1, 0.15) is 12.1 Å². The van der Waals surface area contributed by atoms with Gasteiger partial charge in [-0.3, -0.25) is 28.9 Å². The van der Waals surface area contributed by atoms with Crippen molar-refractivity contribution in [3.05, 3.63) is 71.3 Å². The van der Waals surface area contributed by atoms with Crippen LogP contribution in [0.15, 0.2) is 54.6 Å². The molecule has 0 saturated carbocycles. The second-order valence-corrected chi connectivity index (χ2v) is 12.1. The number of amides is 4. The van der Waals surface area contributed by atoms with Gasteiger partial charge in [0.2, 0.25) is 11.8 Å². The Bertz CT molecular complexity index is 1280. The number of imide groups is 1. The maximum Gasteiger partial charge on any atom is 0.326 e. The summed E-state index contributed by atoms with van der Waals surface area (Å²) in [6.07, 6.45) is 1.52. The largest absolute Gasteiger partial charge is 0.480 e. The molecule has 0 spiro atoms. The van der Waals surface area contributed by atoms with Crippen LogP contribution in [0.3, 0.4) is 0 Å². The highest BCUT2D eigenvalue weighted by molar-refractivity contribution is 8.14. The third-order valence-corrected chi connectivity index (χ3v) is 7.88. The van der Waals surface area contributed by atoms with Crippen LogP contribution in [-0.2, 0) is 25.6 Å². The van der Waals surface area contributed by atoms with E-state index in [1.807, 2.05) is 19.9 Å². The summed E-state index contributed by atoms with van der Waals surface area (Å²) in [6.45, 7) is 5.29. The molecule has 2 aromatic rings. The van der Waals surface area contributed by atoms with Crippen LogP contribution in [0, 0.1) is 5.92 Å². The number of benzene rings is 2. The lowest BCUT2D eigenvalue weighted by Crippen LogP contribution is -2.54. The first-order valence-corrected chi connectivity index (χ1v) is 15.4. The number of carboxylic acid groups (broad SMARTS) is 1. The molecule has 0 aromatic heterocycles. The van der Waals surface area contributed by atoms with E-state index in [9.17, 15) is 33.9 Å². The number of nitrogens with zero attached hydrogens (tertiary/aromatic N) is 1. The van der Waals surface area contributed by atoms with E-state index < -0.39 is 35.1 Å². The zero-order chi connectivity index (χ0) is 32.8. The molecule has 0 aliphatic carbocycles. The van der Waals surface area contributed by atoms with Gasteiger partial charge in [-0.05, 0) is 49.9 Å². The first-order chi connectivity index (χ1) is 21.0. The molecule has 0 fully saturated rings. The van der Waals surface area contributed by atoms with Gasteiger partial charge >= 0.3 is 5.97 Å². The zero-order valence-electron chi connectivity index (χ0n) is 25.6. The highest BCUT2D eigenvalue weighted by Crippen LogP contribution is 2.24. The lowest BCUT2D eigenvalue weighted by atomic mass is 10.0. The van der Waals surface area contributed by atoms with Crippen LogP contribution in [0.2, 0.25) is 0 Å². The van der Waals surface area contributed by atoms with Gasteiger partial charge in [-0.15, -0.1) is 0 Å². The van der Waals surface area contributed by atoms with E-state index in [0.717, 1.165) is 17.3 Å². The van der Waals surface area contributed by atoms with Crippen LogP contribution < -0.4 is 16.4 Å². The molecule has 44 heavy (non-hydrogen) atoms. The Morgan fingerprint density at radius 3 is 1.91 bits per heavy atom. The summed E-state index contributed by atoms with van der Waals surface area (Å²) < 4.78 is 0. The Labute approximate surface area is 262 Å². The minimum absolute atomic E-state index is 0.0111. The van der Waals surface area contributed by atoms with Crippen LogP contribution in [0.4, 0.5) is 0 Å². The van der Waals surface area contributed by atoms with Crippen molar-refractivity contribution in [3.8, 4) is 0 Å². The monoisotopic (exact) mass is 626 g/mol. The summed E-state index contributed by atoms with van der Waals surface area (Å²) >= 11 is 0.850. The van der Waals surface area contributed by atoms with Gasteiger partial charge in [-0.2, -0.15) is 0 Å². The average molecular weight is 627 g/mol. The van der Waals surface area contributed by atoms with Crippen molar-refractivity contribution in [2.24, 2.45) is 11.7 Å². The summed E-state index contributed by atoms with van der Waals surface area (Å²) in [5.74, 6) is -3.00. The molecule has 0 radical (unpaired) electrons. The lowest BCUT2D eigenvalue weighted by molar-refractivity contribution is -0.142. The maximum atomic E-state index is 13.3. The summed E-state index contributed by atoms with van der Waals surface area (Å²) in [6, 6.07) is 13.4. The van der Waals surface area contributed by atoms with Crippen molar-refractivity contribution in [1.82, 2.24) is 15.5 Å². The van der Waals surface area contributed by atoms with Gasteiger partial charge in [0.05, 0.1) is 16.4 Å². The number of fused-ring (bicyclic) bond motifs is 1. The number of rotatable bonds is 15. The Hall–Kier alpha value is -4.03. The second kappa shape index (κ2) is 17.9. The van der Waals surface area contributed by atoms with Gasteiger partial charge in [0.25, 0.3) is 11.8 Å². The Morgan fingerprint density at radius 2 is 1.39 bits per heavy atom. The van der Waals surface area contributed by atoms with E-state index in [1.165, 1.54) is 18.9 Å². The van der Waals surface area contributed by atoms with Crippen LogP contribution in [0.5, 0.6) is 0 Å². The molecule has 5 N–H and O–H groups in total. The zero-order valence-corrected chi connectivity index (χ0v) is 26.4. The van der Waals surface area contributed by atoms with Crippen molar-refractivity contribution < 1.29 is 33.9 Å². The molecule has 12 heteroatoms. The Morgan fingerprint density at radius 1 is 0.841 bits per heavy atom. The van der Waals surface area contributed by atoms with Crippen LogP contribution in [-0.4, -0.2) is 75.6 Å². The minimum atomic E-state index is -1.19. The molecule has 11 nitrogen and oxygen atoms in total.